The molecule has 0 spiro atoms. The molecule has 0 unspecified atom stereocenters. The number of hydrogen-bond donors (Lipinski definition) is 1. The Balaban J connectivity index is 3.13. The number of aryl methyl sites for hydroxylation is 1. The summed E-state index contributed by atoms with van der Waals surface area (Å²) < 4.78 is 3.95. The average molecular weight is 187 g/mol. The van der Waals surface area contributed by atoms with Crippen LogP contribution in [0.25, 0.3) is 0 Å². The molecule has 0 aliphatic rings. The average Bonchev–Trinajstić information content (AvgIpc) is 2.08. The molecule has 64 valence electrons. The summed E-state index contributed by atoms with van der Waals surface area (Å²) in [6.45, 7) is 1.80. The zero-order chi connectivity index (χ0) is 9.14. The third-order valence-corrected chi connectivity index (χ3v) is 1.58. The van der Waals surface area contributed by atoms with Crippen LogP contribution < -0.4 is 0 Å². The van der Waals surface area contributed by atoms with Gasteiger partial charge in [-0.2, -0.15) is 0 Å². The number of aromatic hydroxyl groups is 1. The molecular weight excluding hydrogens is 180 g/mol. The summed E-state index contributed by atoms with van der Waals surface area (Å²) in [6, 6.07) is 4.60. The molecule has 0 aromatic heterocycles. The molecule has 0 heterocycles. The number of rotatable bonds is 1. The third kappa shape index (κ3) is 1.68. The molecule has 0 amide bonds. The highest BCUT2D eigenvalue weighted by molar-refractivity contribution is 6.16. The van der Waals surface area contributed by atoms with E-state index in [9.17, 15) is 9.90 Å². The van der Waals surface area contributed by atoms with Crippen LogP contribution in [0.15, 0.2) is 18.2 Å². The van der Waals surface area contributed by atoms with E-state index in [0.29, 0.717) is 0 Å². The number of hydrogen-bond acceptors (Lipinski definition) is 3. The monoisotopic (exact) mass is 186 g/mol. The minimum atomic E-state index is -0.752. The van der Waals surface area contributed by atoms with Crippen molar-refractivity contribution < 1.29 is 14.2 Å². The van der Waals surface area contributed by atoms with Crippen molar-refractivity contribution in [1.82, 2.24) is 0 Å². The van der Waals surface area contributed by atoms with Gasteiger partial charge in [0.2, 0.25) is 0 Å². The number of phenols is 1. The van der Waals surface area contributed by atoms with Gasteiger partial charge in [0.1, 0.15) is 23.2 Å². The van der Waals surface area contributed by atoms with E-state index in [1.807, 2.05) is 0 Å². The number of phenolic OH excluding ortho intramolecular Hbond substituents is 1. The lowest BCUT2D eigenvalue weighted by atomic mass is 10.1. The van der Waals surface area contributed by atoms with Crippen LogP contribution in [0.5, 0.6) is 5.75 Å². The highest BCUT2D eigenvalue weighted by Crippen LogP contribution is 2.19. The Hall–Kier alpha value is -1.22. The largest absolute Gasteiger partial charge is 0.507 e. The Bertz CT molecular complexity index is 309. The van der Waals surface area contributed by atoms with Crippen LogP contribution in [0.2, 0.25) is 0 Å². The summed E-state index contributed by atoms with van der Waals surface area (Å²) in [4.78, 5) is 10.9. The Morgan fingerprint density at radius 1 is 1.58 bits per heavy atom. The van der Waals surface area contributed by atoms with E-state index in [2.05, 4.69) is 4.29 Å². The van der Waals surface area contributed by atoms with Gasteiger partial charge < -0.3 is 9.40 Å². The quantitative estimate of drug-likeness (QED) is 0.730. The van der Waals surface area contributed by atoms with Gasteiger partial charge in [0, 0.05) is 0 Å². The maximum Gasteiger partial charge on any atom is 0.360 e. The lowest BCUT2D eigenvalue weighted by Crippen LogP contribution is -1.98. The fraction of sp³-hybridized carbons (Fsp3) is 0.125. The van der Waals surface area contributed by atoms with Crippen LogP contribution in [-0.4, -0.2) is 11.1 Å². The van der Waals surface area contributed by atoms with Gasteiger partial charge in [-0.1, -0.05) is 11.6 Å². The van der Waals surface area contributed by atoms with Gasteiger partial charge in [0.25, 0.3) is 0 Å². The molecule has 0 saturated heterocycles. The molecular formula is C8H7ClO3. The summed E-state index contributed by atoms with van der Waals surface area (Å²) in [5, 5.41) is 9.18. The van der Waals surface area contributed by atoms with Crippen LogP contribution >= 0.6 is 11.9 Å². The lowest BCUT2D eigenvalue weighted by molar-refractivity contribution is 0.0748. The Morgan fingerprint density at radius 2 is 2.25 bits per heavy atom. The molecule has 4 heteroatoms. The fourth-order valence-corrected chi connectivity index (χ4v) is 0.938. The summed E-state index contributed by atoms with van der Waals surface area (Å²) in [7, 11) is 0. The van der Waals surface area contributed by atoms with Gasteiger partial charge in [0.15, 0.2) is 0 Å². The molecule has 0 saturated carbocycles. The van der Waals surface area contributed by atoms with Crippen LogP contribution in [0.3, 0.4) is 0 Å². The molecule has 1 aromatic carbocycles. The molecule has 0 bridgehead atoms. The van der Waals surface area contributed by atoms with Crippen LogP contribution in [-0.2, 0) is 4.29 Å². The second-order valence-electron chi connectivity index (χ2n) is 2.39. The van der Waals surface area contributed by atoms with Crippen molar-refractivity contribution in [2.24, 2.45) is 0 Å². The van der Waals surface area contributed by atoms with Crippen molar-refractivity contribution in [3.63, 3.8) is 0 Å². The number of benzene rings is 1. The van der Waals surface area contributed by atoms with Gasteiger partial charge in [0.05, 0.1) is 0 Å². The summed E-state index contributed by atoms with van der Waals surface area (Å²) in [5.74, 6) is -0.885. The van der Waals surface area contributed by atoms with E-state index in [-0.39, 0.29) is 11.3 Å². The van der Waals surface area contributed by atoms with Crippen LogP contribution in [0.1, 0.15) is 15.9 Å². The standard InChI is InChI=1S/C8H7ClO3/c1-5-2-3-7(10)6(4-5)8(11)12-9/h2-4,10H,1H3. The molecule has 3 nitrogen and oxygen atoms in total. The van der Waals surface area contributed by atoms with E-state index in [1.54, 1.807) is 13.0 Å². The summed E-state index contributed by atoms with van der Waals surface area (Å²) >= 11 is 4.85. The number of carbonyl (C=O) groups excluding carboxylic acids is 1. The lowest BCUT2D eigenvalue weighted by Gasteiger charge is -2.00. The first-order chi connectivity index (χ1) is 5.65. The van der Waals surface area contributed by atoms with E-state index < -0.39 is 5.97 Å². The van der Waals surface area contributed by atoms with Gasteiger partial charge >= 0.3 is 5.97 Å². The van der Waals surface area contributed by atoms with Gasteiger partial charge in [-0.15, -0.1) is 0 Å². The second-order valence-corrected chi connectivity index (χ2v) is 2.54. The maximum atomic E-state index is 10.9. The zero-order valence-corrected chi connectivity index (χ0v) is 7.13. The molecule has 1 aromatic rings. The van der Waals surface area contributed by atoms with Crippen LogP contribution in [0.4, 0.5) is 0 Å². The highest BCUT2D eigenvalue weighted by atomic mass is 35.5. The normalized spacial score (nSPS) is 9.50. The Labute approximate surface area is 74.7 Å². The van der Waals surface area contributed by atoms with E-state index in [4.69, 9.17) is 11.9 Å². The van der Waals surface area contributed by atoms with E-state index in [1.165, 1.54) is 12.1 Å². The first kappa shape index (κ1) is 8.87. The minimum absolute atomic E-state index is 0.0741. The smallest absolute Gasteiger partial charge is 0.360 e. The van der Waals surface area contributed by atoms with Gasteiger partial charge in [-0.3, -0.25) is 0 Å². The Morgan fingerprint density at radius 3 is 2.83 bits per heavy atom. The van der Waals surface area contributed by atoms with Gasteiger partial charge in [-0.05, 0) is 19.1 Å². The molecule has 0 radical (unpaired) electrons. The first-order valence-corrected chi connectivity index (χ1v) is 3.58. The summed E-state index contributed by atoms with van der Waals surface area (Å²) in [6.07, 6.45) is 0. The molecule has 0 fully saturated rings. The van der Waals surface area contributed by atoms with E-state index >= 15 is 0 Å². The zero-order valence-electron chi connectivity index (χ0n) is 6.37. The maximum absolute atomic E-state index is 10.9. The fourth-order valence-electron chi connectivity index (χ4n) is 0.855. The first-order valence-electron chi connectivity index (χ1n) is 3.27. The van der Waals surface area contributed by atoms with E-state index in [0.717, 1.165) is 5.56 Å². The number of halogens is 1. The minimum Gasteiger partial charge on any atom is -0.507 e. The molecule has 0 aliphatic heterocycles. The third-order valence-electron chi connectivity index (χ3n) is 1.44. The SMILES string of the molecule is Cc1ccc(O)c(C(=O)OCl)c1. The molecule has 1 N–H and O–H groups in total. The molecule has 1 rings (SSSR count). The van der Waals surface area contributed by atoms with Crippen LogP contribution in [0, 0.1) is 6.92 Å². The van der Waals surface area contributed by atoms with Gasteiger partial charge in [-0.25, -0.2) is 4.79 Å². The van der Waals surface area contributed by atoms with Crippen molar-refractivity contribution in [1.29, 1.82) is 0 Å². The van der Waals surface area contributed by atoms with Crippen molar-refractivity contribution in [2.45, 2.75) is 6.92 Å². The predicted molar refractivity (Wildman–Crippen MR) is 44.1 cm³/mol. The predicted octanol–water partition coefficient (Wildman–Crippen LogP) is 2.01. The van der Waals surface area contributed by atoms with Crippen molar-refractivity contribution in [2.75, 3.05) is 0 Å². The van der Waals surface area contributed by atoms with Crippen molar-refractivity contribution in [3.8, 4) is 5.75 Å². The number of carbonyl (C=O) groups is 1. The Kier molecular flexibility index (Phi) is 2.55. The topological polar surface area (TPSA) is 46.5 Å². The highest BCUT2D eigenvalue weighted by Gasteiger charge is 2.11. The molecule has 0 atom stereocenters. The summed E-state index contributed by atoms with van der Waals surface area (Å²) in [5.41, 5.74) is 0.926. The van der Waals surface area contributed by atoms with Crippen molar-refractivity contribution in [3.05, 3.63) is 29.3 Å². The molecule has 0 aliphatic carbocycles. The second kappa shape index (κ2) is 3.45. The molecule has 12 heavy (non-hydrogen) atoms. The van der Waals surface area contributed by atoms with Crippen molar-refractivity contribution >= 4 is 17.8 Å².